The molecule has 1 N–H and O–H groups in total. The molecule has 0 radical (unpaired) electrons. The maximum atomic E-state index is 12.0. The van der Waals surface area contributed by atoms with Crippen LogP contribution in [0.3, 0.4) is 0 Å². The van der Waals surface area contributed by atoms with E-state index in [1.165, 1.54) is 0 Å². The first-order chi connectivity index (χ1) is 7.79. The third-order valence-corrected chi connectivity index (χ3v) is 2.72. The van der Waals surface area contributed by atoms with E-state index in [1.807, 2.05) is 26.0 Å². The third-order valence-electron chi connectivity index (χ3n) is 2.72. The van der Waals surface area contributed by atoms with Gasteiger partial charge in [0.2, 0.25) is 0 Å². The fourth-order valence-corrected chi connectivity index (χ4v) is 1.85. The lowest BCUT2D eigenvalue weighted by atomic mass is 9.98. The minimum atomic E-state index is -4.14. The molecule has 17 heavy (non-hydrogen) atoms. The van der Waals surface area contributed by atoms with Crippen molar-refractivity contribution in [3.63, 3.8) is 0 Å². The Morgan fingerprint density at radius 1 is 1.24 bits per heavy atom. The SMILES string of the molecule is Cc1ccc(C(O)CCCC(F)(F)F)c(C)c1. The van der Waals surface area contributed by atoms with Crippen molar-refractivity contribution in [3.8, 4) is 0 Å². The maximum Gasteiger partial charge on any atom is 0.389 e. The van der Waals surface area contributed by atoms with Gasteiger partial charge in [-0.05, 0) is 37.8 Å². The molecule has 0 saturated carbocycles. The minimum Gasteiger partial charge on any atom is -0.388 e. The fourth-order valence-electron chi connectivity index (χ4n) is 1.85. The molecule has 0 bridgehead atoms. The highest BCUT2D eigenvalue weighted by Gasteiger charge is 2.26. The topological polar surface area (TPSA) is 20.2 Å². The lowest BCUT2D eigenvalue weighted by molar-refractivity contribution is -0.136. The predicted molar refractivity (Wildman–Crippen MR) is 60.8 cm³/mol. The summed E-state index contributed by atoms with van der Waals surface area (Å²) in [5.41, 5.74) is 2.72. The van der Waals surface area contributed by atoms with Crippen LogP contribution in [0, 0.1) is 13.8 Å². The molecule has 0 saturated heterocycles. The van der Waals surface area contributed by atoms with E-state index in [4.69, 9.17) is 0 Å². The summed E-state index contributed by atoms with van der Waals surface area (Å²) in [7, 11) is 0. The van der Waals surface area contributed by atoms with Crippen LogP contribution in [0.4, 0.5) is 13.2 Å². The molecule has 0 aromatic heterocycles. The molecule has 0 aliphatic heterocycles. The second-order valence-electron chi connectivity index (χ2n) is 4.38. The first-order valence-corrected chi connectivity index (χ1v) is 5.61. The van der Waals surface area contributed by atoms with Gasteiger partial charge in [0.15, 0.2) is 0 Å². The Morgan fingerprint density at radius 3 is 2.41 bits per heavy atom. The van der Waals surface area contributed by atoms with Crippen LogP contribution in [-0.2, 0) is 0 Å². The van der Waals surface area contributed by atoms with Crippen LogP contribution in [0.25, 0.3) is 0 Å². The zero-order valence-corrected chi connectivity index (χ0v) is 10.0. The number of aliphatic hydroxyl groups excluding tert-OH is 1. The normalized spacial score (nSPS) is 13.8. The van der Waals surface area contributed by atoms with E-state index in [9.17, 15) is 18.3 Å². The Balaban J connectivity index is 2.55. The van der Waals surface area contributed by atoms with Crippen LogP contribution in [-0.4, -0.2) is 11.3 Å². The molecule has 1 aromatic rings. The van der Waals surface area contributed by atoms with Crippen LogP contribution in [0.2, 0.25) is 0 Å². The van der Waals surface area contributed by atoms with Gasteiger partial charge in [-0.2, -0.15) is 13.2 Å². The van der Waals surface area contributed by atoms with Crippen molar-refractivity contribution in [2.24, 2.45) is 0 Å². The number of hydrogen-bond donors (Lipinski definition) is 1. The molecule has 0 amide bonds. The predicted octanol–water partition coefficient (Wildman–Crippen LogP) is 4.07. The Bertz CT molecular complexity index is 371. The summed E-state index contributed by atoms with van der Waals surface area (Å²) in [5, 5.41) is 9.82. The Kier molecular flexibility index (Phi) is 4.57. The Labute approximate surface area is 99.3 Å². The molecule has 0 spiro atoms. The molecular formula is C13H17F3O. The number of hydrogen-bond acceptors (Lipinski definition) is 1. The van der Waals surface area contributed by atoms with Crippen molar-refractivity contribution >= 4 is 0 Å². The summed E-state index contributed by atoms with van der Waals surface area (Å²) in [6.45, 7) is 3.79. The van der Waals surface area contributed by atoms with E-state index in [-0.39, 0.29) is 12.8 Å². The quantitative estimate of drug-likeness (QED) is 0.849. The molecule has 0 aliphatic carbocycles. The molecule has 0 fully saturated rings. The van der Waals surface area contributed by atoms with Crippen molar-refractivity contribution in [2.45, 2.75) is 45.4 Å². The van der Waals surface area contributed by atoms with Crippen LogP contribution in [0.5, 0.6) is 0 Å². The first-order valence-electron chi connectivity index (χ1n) is 5.61. The summed E-state index contributed by atoms with van der Waals surface area (Å²) in [6, 6.07) is 5.56. The number of benzene rings is 1. The fraction of sp³-hybridized carbons (Fsp3) is 0.538. The standard InChI is InChI=1S/C13H17F3O/c1-9-5-6-11(10(2)8-9)12(17)4-3-7-13(14,15)16/h5-6,8,12,17H,3-4,7H2,1-2H3. The summed E-state index contributed by atoms with van der Waals surface area (Å²) in [5.74, 6) is 0. The summed E-state index contributed by atoms with van der Waals surface area (Å²) in [6.07, 6.45) is -5.68. The van der Waals surface area contributed by atoms with Gasteiger partial charge >= 0.3 is 6.18 Å². The Morgan fingerprint density at radius 2 is 1.88 bits per heavy atom. The summed E-state index contributed by atoms with van der Waals surface area (Å²) < 4.78 is 35.9. The number of aryl methyl sites for hydroxylation is 2. The van der Waals surface area contributed by atoms with Gasteiger partial charge in [-0.3, -0.25) is 0 Å². The lowest BCUT2D eigenvalue weighted by Gasteiger charge is -2.14. The number of alkyl halides is 3. The Hall–Kier alpha value is -1.03. The van der Waals surface area contributed by atoms with Gasteiger partial charge in [0.1, 0.15) is 0 Å². The van der Waals surface area contributed by atoms with E-state index >= 15 is 0 Å². The van der Waals surface area contributed by atoms with Crippen molar-refractivity contribution in [2.75, 3.05) is 0 Å². The minimum absolute atomic E-state index is 0.0437. The second kappa shape index (κ2) is 5.54. The zero-order chi connectivity index (χ0) is 13.1. The second-order valence-corrected chi connectivity index (χ2v) is 4.38. The molecule has 1 rings (SSSR count). The van der Waals surface area contributed by atoms with Gasteiger partial charge in [0, 0.05) is 6.42 Å². The number of halogens is 3. The van der Waals surface area contributed by atoms with Crippen molar-refractivity contribution in [1.29, 1.82) is 0 Å². The number of rotatable bonds is 4. The molecule has 1 unspecified atom stereocenters. The van der Waals surface area contributed by atoms with Crippen molar-refractivity contribution in [1.82, 2.24) is 0 Å². The monoisotopic (exact) mass is 246 g/mol. The van der Waals surface area contributed by atoms with Gasteiger partial charge in [-0.1, -0.05) is 23.8 Å². The highest BCUT2D eigenvalue weighted by molar-refractivity contribution is 5.31. The largest absolute Gasteiger partial charge is 0.389 e. The molecule has 96 valence electrons. The van der Waals surface area contributed by atoms with Crippen molar-refractivity contribution < 1.29 is 18.3 Å². The average Bonchev–Trinajstić information content (AvgIpc) is 2.15. The maximum absolute atomic E-state index is 12.0. The number of aliphatic hydroxyl groups is 1. The molecule has 0 aliphatic rings. The molecule has 1 aromatic carbocycles. The highest BCUT2D eigenvalue weighted by atomic mass is 19.4. The molecular weight excluding hydrogens is 229 g/mol. The highest BCUT2D eigenvalue weighted by Crippen LogP contribution is 2.27. The lowest BCUT2D eigenvalue weighted by Crippen LogP contribution is -2.08. The van der Waals surface area contributed by atoms with Crippen LogP contribution < -0.4 is 0 Å². The van der Waals surface area contributed by atoms with Crippen LogP contribution in [0.15, 0.2) is 18.2 Å². The van der Waals surface area contributed by atoms with E-state index in [0.717, 1.165) is 16.7 Å². The average molecular weight is 246 g/mol. The third kappa shape index (κ3) is 4.77. The van der Waals surface area contributed by atoms with E-state index in [0.29, 0.717) is 0 Å². The summed E-state index contributed by atoms with van der Waals surface area (Å²) >= 11 is 0. The van der Waals surface area contributed by atoms with E-state index in [1.54, 1.807) is 6.07 Å². The zero-order valence-electron chi connectivity index (χ0n) is 10.0. The van der Waals surface area contributed by atoms with Gasteiger partial charge in [0.25, 0.3) is 0 Å². The smallest absolute Gasteiger partial charge is 0.388 e. The molecule has 4 heteroatoms. The van der Waals surface area contributed by atoms with E-state index in [2.05, 4.69) is 0 Å². The van der Waals surface area contributed by atoms with Gasteiger partial charge < -0.3 is 5.11 Å². The molecule has 1 atom stereocenters. The van der Waals surface area contributed by atoms with Crippen LogP contribution in [0.1, 0.15) is 42.1 Å². The van der Waals surface area contributed by atoms with Crippen LogP contribution >= 0.6 is 0 Å². The first kappa shape index (κ1) is 14.0. The van der Waals surface area contributed by atoms with E-state index < -0.39 is 18.7 Å². The molecule has 0 heterocycles. The van der Waals surface area contributed by atoms with Gasteiger partial charge in [0.05, 0.1) is 6.10 Å². The molecule has 1 nitrogen and oxygen atoms in total. The summed E-state index contributed by atoms with van der Waals surface area (Å²) in [4.78, 5) is 0. The van der Waals surface area contributed by atoms with Gasteiger partial charge in [-0.15, -0.1) is 0 Å². The van der Waals surface area contributed by atoms with Crippen molar-refractivity contribution in [3.05, 3.63) is 34.9 Å². The van der Waals surface area contributed by atoms with Gasteiger partial charge in [-0.25, -0.2) is 0 Å².